The van der Waals surface area contributed by atoms with Gasteiger partial charge in [0.25, 0.3) is 0 Å². The Balaban J connectivity index is 2.52. The van der Waals surface area contributed by atoms with Crippen LogP contribution in [0.15, 0.2) is 22.7 Å². The van der Waals surface area contributed by atoms with Crippen molar-refractivity contribution >= 4 is 21.7 Å². The Morgan fingerprint density at radius 1 is 1.35 bits per heavy atom. The molecule has 0 bridgehead atoms. The molecule has 2 rings (SSSR count). The molecule has 17 heavy (non-hydrogen) atoms. The molecule has 1 aromatic rings. The van der Waals surface area contributed by atoms with Crippen LogP contribution in [0.25, 0.3) is 0 Å². The number of aliphatic hydroxyl groups excluding tert-OH is 2. The van der Waals surface area contributed by atoms with Crippen LogP contribution in [0.2, 0.25) is 0 Å². The van der Waals surface area contributed by atoms with Crippen molar-refractivity contribution in [2.75, 3.05) is 19.8 Å². The van der Waals surface area contributed by atoms with Gasteiger partial charge in [0, 0.05) is 4.47 Å². The Morgan fingerprint density at radius 2 is 2.06 bits per heavy atom. The molecule has 0 fully saturated rings. The number of Topliss-reactive ketones (excluding diaryl/α,β-unsaturated/α-hetero) is 1. The molecular weight excluding hydrogens is 288 g/mol. The predicted octanol–water partition coefficient (Wildman–Crippen LogP) is 1.39. The van der Waals surface area contributed by atoms with Crippen LogP contribution in [0, 0.1) is 5.41 Å². The highest BCUT2D eigenvalue weighted by Gasteiger charge is 2.41. The number of fused-ring (bicyclic) bond motifs is 1. The number of hydrogen-bond donors (Lipinski definition) is 2. The molecular formula is C12H13BrO4. The minimum absolute atomic E-state index is 0.267. The fraction of sp³-hybridized carbons (Fsp3) is 0.417. The second-order valence-corrected chi connectivity index (χ2v) is 5.08. The lowest BCUT2D eigenvalue weighted by molar-refractivity contribution is 0.0345. The van der Waals surface area contributed by atoms with Crippen molar-refractivity contribution < 1.29 is 19.7 Å². The SMILES string of the molecule is O=C1c2cc(Br)ccc2OCCC1(CO)CO. The Labute approximate surface area is 107 Å². The minimum atomic E-state index is -1.13. The van der Waals surface area contributed by atoms with Crippen molar-refractivity contribution in [2.24, 2.45) is 5.41 Å². The molecule has 4 nitrogen and oxygen atoms in total. The molecule has 1 aliphatic rings. The third kappa shape index (κ3) is 2.10. The van der Waals surface area contributed by atoms with Crippen LogP contribution in [-0.2, 0) is 0 Å². The van der Waals surface area contributed by atoms with Gasteiger partial charge in [-0.1, -0.05) is 15.9 Å². The lowest BCUT2D eigenvalue weighted by Crippen LogP contribution is -2.38. The van der Waals surface area contributed by atoms with Crippen molar-refractivity contribution in [2.45, 2.75) is 6.42 Å². The third-order valence-corrected chi connectivity index (χ3v) is 3.60. The number of ether oxygens (including phenoxy) is 1. The molecule has 0 aromatic heterocycles. The number of hydrogen-bond acceptors (Lipinski definition) is 4. The van der Waals surface area contributed by atoms with Crippen LogP contribution in [0.1, 0.15) is 16.8 Å². The normalized spacial score (nSPS) is 18.2. The Morgan fingerprint density at radius 3 is 2.71 bits per heavy atom. The summed E-state index contributed by atoms with van der Waals surface area (Å²) in [4.78, 5) is 12.4. The molecule has 0 aliphatic carbocycles. The quantitative estimate of drug-likeness (QED) is 0.866. The third-order valence-electron chi connectivity index (χ3n) is 3.11. The van der Waals surface area contributed by atoms with Gasteiger partial charge in [-0.25, -0.2) is 0 Å². The summed E-state index contributed by atoms with van der Waals surface area (Å²) in [6.07, 6.45) is 0.311. The first-order valence-electron chi connectivity index (χ1n) is 5.32. The predicted molar refractivity (Wildman–Crippen MR) is 65.2 cm³/mol. The van der Waals surface area contributed by atoms with E-state index >= 15 is 0 Å². The minimum Gasteiger partial charge on any atom is -0.493 e. The average molecular weight is 301 g/mol. The largest absolute Gasteiger partial charge is 0.493 e. The van der Waals surface area contributed by atoms with Crippen LogP contribution in [0.5, 0.6) is 5.75 Å². The van der Waals surface area contributed by atoms with Gasteiger partial charge in [0.1, 0.15) is 5.75 Å². The highest BCUT2D eigenvalue weighted by Crippen LogP contribution is 2.35. The van der Waals surface area contributed by atoms with Gasteiger partial charge >= 0.3 is 0 Å². The Bertz CT molecular complexity index is 440. The number of carbonyl (C=O) groups excluding carboxylic acids is 1. The molecule has 0 radical (unpaired) electrons. The summed E-state index contributed by atoms with van der Waals surface area (Å²) in [6, 6.07) is 5.15. The number of ketones is 1. The second kappa shape index (κ2) is 4.76. The molecule has 1 aromatic carbocycles. The van der Waals surface area contributed by atoms with Gasteiger partial charge in [0.15, 0.2) is 5.78 Å². The molecule has 1 aliphatic heterocycles. The summed E-state index contributed by atoms with van der Waals surface area (Å²) in [5.41, 5.74) is -0.730. The van der Waals surface area contributed by atoms with E-state index in [0.717, 1.165) is 4.47 Å². The summed E-state index contributed by atoms with van der Waals surface area (Å²) in [7, 11) is 0. The van der Waals surface area contributed by atoms with Crippen molar-refractivity contribution in [3.8, 4) is 5.75 Å². The van der Waals surface area contributed by atoms with Gasteiger partial charge in [-0.15, -0.1) is 0 Å². The number of carbonyl (C=O) groups is 1. The fourth-order valence-electron chi connectivity index (χ4n) is 1.91. The first kappa shape index (κ1) is 12.5. The Hall–Kier alpha value is -0.910. The average Bonchev–Trinajstić information content (AvgIpc) is 2.48. The zero-order chi connectivity index (χ0) is 12.5. The van der Waals surface area contributed by atoms with Gasteiger partial charge < -0.3 is 14.9 Å². The van der Waals surface area contributed by atoms with E-state index in [1.165, 1.54) is 0 Å². The van der Waals surface area contributed by atoms with Crippen LogP contribution >= 0.6 is 15.9 Å². The van der Waals surface area contributed by atoms with Crippen LogP contribution in [0.3, 0.4) is 0 Å². The van der Waals surface area contributed by atoms with Gasteiger partial charge in [0.2, 0.25) is 0 Å². The molecule has 0 atom stereocenters. The number of benzene rings is 1. The smallest absolute Gasteiger partial charge is 0.177 e. The van der Waals surface area contributed by atoms with Gasteiger partial charge in [-0.2, -0.15) is 0 Å². The number of rotatable bonds is 2. The van der Waals surface area contributed by atoms with E-state index in [0.29, 0.717) is 24.3 Å². The van der Waals surface area contributed by atoms with Crippen molar-refractivity contribution in [3.05, 3.63) is 28.2 Å². The highest BCUT2D eigenvalue weighted by atomic mass is 79.9. The van der Waals surface area contributed by atoms with Crippen molar-refractivity contribution in [3.63, 3.8) is 0 Å². The summed E-state index contributed by atoms with van der Waals surface area (Å²) in [5, 5.41) is 18.8. The first-order chi connectivity index (χ1) is 8.13. The van der Waals surface area contributed by atoms with Crippen molar-refractivity contribution in [1.82, 2.24) is 0 Å². The van der Waals surface area contributed by atoms with E-state index in [-0.39, 0.29) is 19.0 Å². The molecule has 1 heterocycles. The molecule has 0 saturated carbocycles. The summed E-state index contributed by atoms with van der Waals surface area (Å²) >= 11 is 3.29. The Kier molecular flexibility index (Phi) is 3.51. The van der Waals surface area contributed by atoms with E-state index < -0.39 is 5.41 Å². The van der Waals surface area contributed by atoms with E-state index in [1.54, 1.807) is 18.2 Å². The maximum absolute atomic E-state index is 12.4. The molecule has 0 saturated heterocycles. The summed E-state index contributed by atoms with van der Waals surface area (Å²) in [6.45, 7) is -0.448. The maximum Gasteiger partial charge on any atom is 0.177 e. The van der Waals surface area contributed by atoms with Crippen LogP contribution < -0.4 is 4.74 Å². The summed E-state index contributed by atoms with van der Waals surface area (Å²) < 4.78 is 6.23. The van der Waals surface area contributed by atoms with Gasteiger partial charge in [-0.05, 0) is 24.6 Å². The molecule has 0 unspecified atom stereocenters. The maximum atomic E-state index is 12.4. The molecule has 0 amide bonds. The molecule has 92 valence electrons. The van der Waals surface area contributed by atoms with Crippen molar-refractivity contribution in [1.29, 1.82) is 0 Å². The molecule has 0 spiro atoms. The van der Waals surface area contributed by atoms with Gasteiger partial charge in [0.05, 0.1) is 30.8 Å². The highest BCUT2D eigenvalue weighted by molar-refractivity contribution is 9.10. The topological polar surface area (TPSA) is 66.8 Å². The van der Waals surface area contributed by atoms with E-state index in [1.807, 2.05) is 0 Å². The molecule has 2 N–H and O–H groups in total. The van der Waals surface area contributed by atoms with E-state index in [4.69, 9.17) is 4.74 Å². The zero-order valence-corrected chi connectivity index (χ0v) is 10.7. The first-order valence-corrected chi connectivity index (χ1v) is 6.11. The second-order valence-electron chi connectivity index (χ2n) is 4.16. The zero-order valence-electron chi connectivity index (χ0n) is 9.15. The van der Waals surface area contributed by atoms with E-state index in [9.17, 15) is 15.0 Å². The fourth-order valence-corrected chi connectivity index (χ4v) is 2.27. The van der Waals surface area contributed by atoms with Crippen LogP contribution in [-0.4, -0.2) is 35.8 Å². The van der Waals surface area contributed by atoms with Crippen LogP contribution in [0.4, 0.5) is 0 Å². The summed E-state index contributed by atoms with van der Waals surface area (Å²) in [5.74, 6) is 0.235. The van der Waals surface area contributed by atoms with Gasteiger partial charge in [-0.3, -0.25) is 4.79 Å². The molecule has 5 heteroatoms. The standard InChI is InChI=1S/C12H13BrO4/c13-8-1-2-10-9(5-8)11(16)12(6-14,7-15)3-4-17-10/h1-2,5,14-15H,3-4,6-7H2. The monoisotopic (exact) mass is 300 g/mol. The number of aliphatic hydroxyl groups is 2. The number of halogens is 1. The lowest BCUT2D eigenvalue weighted by atomic mass is 9.79. The van der Waals surface area contributed by atoms with E-state index in [2.05, 4.69) is 15.9 Å². The lowest BCUT2D eigenvalue weighted by Gasteiger charge is -2.25.